The van der Waals surface area contributed by atoms with Crippen LogP contribution in [0.4, 0.5) is 11.6 Å². The molecule has 1 atom stereocenters. The van der Waals surface area contributed by atoms with Crippen LogP contribution < -0.4 is 10.2 Å². The predicted molar refractivity (Wildman–Crippen MR) is 117 cm³/mol. The molecule has 1 N–H and O–H groups in total. The SMILES string of the molecule is COCCCN1C(=O)[C@@H](CC(=O)Nc2cc(C)ccc2C)n2c1nc1ccccc12. The number of ether oxygens (including phenoxy) is 1. The molecule has 0 bridgehead atoms. The highest BCUT2D eigenvalue weighted by atomic mass is 16.5. The summed E-state index contributed by atoms with van der Waals surface area (Å²) in [5, 5.41) is 2.97. The maximum Gasteiger partial charge on any atom is 0.253 e. The Labute approximate surface area is 175 Å². The second-order valence-corrected chi connectivity index (χ2v) is 7.69. The number of carbonyl (C=O) groups is 2. The molecule has 0 fully saturated rings. The largest absolute Gasteiger partial charge is 0.385 e. The first-order chi connectivity index (χ1) is 14.5. The van der Waals surface area contributed by atoms with Crippen molar-refractivity contribution in [1.29, 1.82) is 0 Å². The van der Waals surface area contributed by atoms with E-state index in [4.69, 9.17) is 4.74 Å². The maximum atomic E-state index is 13.2. The van der Waals surface area contributed by atoms with Crippen molar-refractivity contribution in [1.82, 2.24) is 9.55 Å². The molecule has 4 rings (SSSR count). The number of nitrogens with one attached hydrogen (secondary N) is 1. The van der Waals surface area contributed by atoms with Crippen LogP contribution in [0.15, 0.2) is 42.5 Å². The fourth-order valence-corrected chi connectivity index (χ4v) is 3.92. The Balaban J connectivity index is 1.62. The smallest absolute Gasteiger partial charge is 0.253 e. The Kier molecular flexibility index (Phi) is 5.55. The number of hydrogen-bond donors (Lipinski definition) is 1. The number of rotatable bonds is 7. The number of aromatic nitrogens is 2. The van der Waals surface area contributed by atoms with Gasteiger partial charge in [0.1, 0.15) is 6.04 Å². The highest BCUT2D eigenvalue weighted by Gasteiger charge is 2.40. The summed E-state index contributed by atoms with van der Waals surface area (Å²) in [4.78, 5) is 32.4. The molecule has 0 spiro atoms. The van der Waals surface area contributed by atoms with E-state index in [1.807, 2.05) is 60.9 Å². The van der Waals surface area contributed by atoms with E-state index in [-0.39, 0.29) is 18.2 Å². The number of carbonyl (C=O) groups excluding carboxylic acids is 2. The first-order valence-corrected chi connectivity index (χ1v) is 10.1. The first kappa shape index (κ1) is 20.1. The highest BCUT2D eigenvalue weighted by molar-refractivity contribution is 6.05. The summed E-state index contributed by atoms with van der Waals surface area (Å²) in [5.41, 5.74) is 4.51. The van der Waals surface area contributed by atoms with Crippen molar-refractivity contribution in [2.75, 3.05) is 30.5 Å². The van der Waals surface area contributed by atoms with Gasteiger partial charge >= 0.3 is 0 Å². The van der Waals surface area contributed by atoms with Gasteiger partial charge in [-0.05, 0) is 49.6 Å². The van der Waals surface area contributed by atoms with E-state index >= 15 is 0 Å². The number of amides is 2. The summed E-state index contributed by atoms with van der Waals surface area (Å²) >= 11 is 0. The van der Waals surface area contributed by atoms with Crippen LogP contribution in [0.2, 0.25) is 0 Å². The summed E-state index contributed by atoms with van der Waals surface area (Å²) in [7, 11) is 1.64. The Bertz CT molecular complexity index is 1110. The first-order valence-electron chi connectivity index (χ1n) is 10.1. The molecule has 1 aliphatic rings. The molecule has 0 radical (unpaired) electrons. The van der Waals surface area contributed by atoms with E-state index in [9.17, 15) is 9.59 Å². The van der Waals surface area contributed by atoms with Crippen LogP contribution in [-0.4, -0.2) is 41.6 Å². The van der Waals surface area contributed by atoms with Gasteiger partial charge in [-0.2, -0.15) is 0 Å². The Morgan fingerprint density at radius 3 is 2.80 bits per heavy atom. The minimum Gasteiger partial charge on any atom is -0.385 e. The highest BCUT2D eigenvalue weighted by Crippen LogP contribution is 2.36. The van der Waals surface area contributed by atoms with Crippen molar-refractivity contribution in [2.24, 2.45) is 0 Å². The molecule has 2 heterocycles. The number of benzene rings is 2. The maximum absolute atomic E-state index is 13.2. The van der Waals surface area contributed by atoms with E-state index in [2.05, 4.69) is 10.3 Å². The quantitative estimate of drug-likeness (QED) is 0.608. The van der Waals surface area contributed by atoms with Crippen molar-refractivity contribution in [3.8, 4) is 0 Å². The fourth-order valence-electron chi connectivity index (χ4n) is 3.92. The standard InChI is InChI=1S/C23H26N4O3/c1-15-9-10-16(2)18(13-15)24-21(28)14-20-22(29)26(11-6-12-30-3)23-25-17-7-4-5-8-19(17)27(20)23/h4-5,7-10,13,20H,6,11-12,14H2,1-3H3,(H,24,28)/t20-/m1/s1. The van der Waals surface area contributed by atoms with E-state index in [1.165, 1.54) is 0 Å². The van der Waals surface area contributed by atoms with E-state index in [0.29, 0.717) is 25.5 Å². The number of anilines is 2. The lowest BCUT2D eigenvalue weighted by molar-refractivity contribution is -0.124. The molecule has 0 aliphatic carbocycles. The Morgan fingerprint density at radius 1 is 1.20 bits per heavy atom. The monoisotopic (exact) mass is 406 g/mol. The summed E-state index contributed by atoms with van der Waals surface area (Å²) in [6, 6.07) is 13.0. The number of nitrogens with zero attached hydrogens (tertiary/aromatic N) is 3. The zero-order valence-corrected chi connectivity index (χ0v) is 17.5. The molecule has 0 saturated heterocycles. The average Bonchev–Trinajstić information content (AvgIpc) is 3.21. The molecule has 2 aromatic carbocycles. The number of hydrogen-bond acceptors (Lipinski definition) is 4. The van der Waals surface area contributed by atoms with Crippen molar-refractivity contribution >= 4 is 34.5 Å². The van der Waals surface area contributed by atoms with Gasteiger partial charge in [-0.15, -0.1) is 0 Å². The number of fused-ring (bicyclic) bond motifs is 3. The van der Waals surface area contributed by atoms with Crippen LogP contribution in [0.3, 0.4) is 0 Å². The van der Waals surface area contributed by atoms with Crippen molar-refractivity contribution in [3.63, 3.8) is 0 Å². The lowest BCUT2D eigenvalue weighted by atomic mass is 10.1. The third-order valence-corrected chi connectivity index (χ3v) is 5.46. The third kappa shape index (κ3) is 3.68. The van der Waals surface area contributed by atoms with Crippen LogP contribution >= 0.6 is 0 Å². The summed E-state index contributed by atoms with van der Waals surface area (Å²) < 4.78 is 7.03. The van der Waals surface area contributed by atoms with E-state index in [1.54, 1.807) is 12.0 Å². The van der Waals surface area contributed by atoms with Gasteiger partial charge < -0.3 is 10.1 Å². The molecule has 0 unspecified atom stereocenters. The zero-order chi connectivity index (χ0) is 21.3. The molecular weight excluding hydrogens is 380 g/mol. The molecule has 1 aromatic heterocycles. The van der Waals surface area contributed by atoms with Gasteiger partial charge in [0.05, 0.1) is 17.5 Å². The second kappa shape index (κ2) is 8.28. The van der Waals surface area contributed by atoms with Gasteiger partial charge in [-0.1, -0.05) is 24.3 Å². The van der Waals surface area contributed by atoms with Crippen molar-refractivity contribution < 1.29 is 14.3 Å². The zero-order valence-electron chi connectivity index (χ0n) is 17.5. The van der Waals surface area contributed by atoms with Gasteiger partial charge in [0.15, 0.2) is 0 Å². The van der Waals surface area contributed by atoms with Gasteiger partial charge in [-0.3, -0.25) is 19.1 Å². The van der Waals surface area contributed by atoms with Crippen LogP contribution in [0.1, 0.15) is 30.0 Å². The molecule has 156 valence electrons. The number of aryl methyl sites for hydroxylation is 2. The Hall–Kier alpha value is -3.19. The van der Waals surface area contributed by atoms with E-state index in [0.717, 1.165) is 27.8 Å². The Morgan fingerprint density at radius 2 is 2.00 bits per heavy atom. The second-order valence-electron chi connectivity index (χ2n) is 7.69. The molecule has 30 heavy (non-hydrogen) atoms. The van der Waals surface area contributed by atoms with Gasteiger partial charge in [0.25, 0.3) is 5.91 Å². The minimum absolute atomic E-state index is 0.0559. The molecule has 3 aromatic rings. The lowest BCUT2D eigenvalue weighted by Crippen LogP contribution is -2.32. The van der Waals surface area contributed by atoms with Crippen LogP contribution in [0.25, 0.3) is 11.0 Å². The number of para-hydroxylation sites is 2. The number of imidazole rings is 1. The summed E-state index contributed by atoms with van der Waals surface area (Å²) in [5.74, 6) is 0.307. The normalized spacial score (nSPS) is 15.6. The summed E-state index contributed by atoms with van der Waals surface area (Å²) in [6.45, 7) is 5.00. The fraction of sp³-hybridized carbons (Fsp3) is 0.348. The molecule has 2 amide bonds. The molecule has 1 aliphatic heterocycles. The lowest BCUT2D eigenvalue weighted by Gasteiger charge is -2.16. The molecule has 0 saturated carbocycles. The topological polar surface area (TPSA) is 76.5 Å². The van der Waals surface area contributed by atoms with Crippen LogP contribution in [-0.2, 0) is 14.3 Å². The molecule has 7 nitrogen and oxygen atoms in total. The average molecular weight is 406 g/mol. The predicted octanol–water partition coefficient (Wildman–Crippen LogP) is 3.61. The van der Waals surface area contributed by atoms with Gasteiger partial charge in [0, 0.05) is 25.9 Å². The van der Waals surface area contributed by atoms with Crippen LogP contribution in [0, 0.1) is 13.8 Å². The van der Waals surface area contributed by atoms with Crippen molar-refractivity contribution in [2.45, 2.75) is 32.7 Å². The third-order valence-electron chi connectivity index (χ3n) is 5.46. The molecule has 7 heteroatoms. The number of methoxy groups -OCH3 is 1. The van der Waals surface area contributed by atoms with Crippen molar-refractivity contribution in [3.05, 3.63) is 53.6 Å². The molecular formula is C23H26N4O3. The van der Waals surface area contributed by atoms with Crippen LogP contribution in [0.5, 0.6) is 0 Å². The van der Waals surface area contributed by atoms with E-state index < -0.39 is 6.04 Å². The minimum atomic E-state index is -0.611. The van der Waals surface area contributed by atoms with Gasteiger partial charge in [-0.25, -0.2) is 4.98 Å². The summed E-state index contributed by atoms with van der Waals surface area (Å²) in [6.07, 6.45) is 0.757. The van der Waals surface area contributed by atoms with Gasteiger partial charge in [0.2, 0.25) is 11.9 Å².